The second kappa shape index (κ2) is 13.5. The summed E-state index contributed by atoms with van der Waals surface area (Å²) in [5.41, 5.74) is 0.342. The van der Waals surface area contributed by atoms with Gasteiger partial charge in [-0.25, -0.2) is 8.78 Å². The fourth-order valence-corrected chi connectivity index (χ4v) is 2.08. The molecule has 5 nitrogen and oxygen atoms in total. The first-order valence-electron chi connectivity index (χ1n) is 8.71. The Hall–Kier alpha value is -1.73. The van der Waals surface area contributed by atoms with Crippen LogP contribution < -0.4 is 10.6 Å². The summed E-state index contributed by atoms with van der Waals surface area (Å²) in [5.74, 6) is -0.241. The van der Waals surface area contributed by atoms with Crippen LogP contribution in [0.1, 0.15) is 25.3 Å². The number of ether oxygens (including phenoxy) is 2. The van der Waals surface area contributed by atoms with E-state index in [0.717, 1.165) is 31.6 Å². The summed E-state index contributed by atoms with van der Waals surface area (Å²) in [6, 6.07) is 3.46. The van der Waals surface area contributed by atoms with E-state index >= 15 is 0 Å². The maximum Gasteiger partial charge on any atom is 0.191 e. The van der Waals surface area contributed by atoms with Gasteiger partial charge < -0.3 is 20.1 Å². The van der Waals surface area contributed by atoms with Gasteiger partial charge in [0.2, 0.25) is 0 Å². The van der Waals surface area contributed by atoms with E-state index < -0.39 is 11.6 Å². The van der Waals surface area contributed by atoms with Crippen molar-refractivity contribution in [1.82, 2.24) is 10.6 Å². The van der Waals surface area contributed by atoms with Crippen molar-refractivity contribution in [3.8, 4) is 0 Å². The fraction of sp³-hybridized carbons (Fsp3) is 0.611. The van der Waals surface area contributed by atoms with Crippen molar-refractivity contribution in [1.29, 1.82) is 0 Å². The van der Waals surface area contributed by atoms with E-state index in [1.54, 1.807) is 7.05 Å². The Bertz CT molecular complexity index is 513. The number of benzene rings is 1. The lowest BCUT2D eigenvalue weighted by Crippen LogP contribution is -2.40. The maximum atomic E-state index is 13.5. The largest absolute Gasteiger partial charge is 0.379 e. The third kappa shape index (κ3) is 9.99. The van der Waals surface area contributed by atoms with Crippen LogP contribution >= 0.6 is 0 Å². The normalized spacial score (nSPS) is 11.6. The first-order chi connectivity index (χ1) is 12.2. The molecule has 1 aromatic carbocycles. The molecule has 0 aliphatic carbocycles. The van der Waals surface area contributed by atoms with Crippen molar-refractivity contribution in [3.05, 3.63) is 35.4 Å². The van der Waals surface area contributed by atoms with E-state index in [1.807, 2.05) is 0 Å². The Morgan fingerprint density at radius 2 is 1.76 bits per heavy atom. The molecular formula is C18H29F2N3O2. The molecule has 2 N–H and O–H groups in total. The van der Waals surface area contributed by atoms with Crippen molar-refractivity contribution in [2.75, 3.05) is 46.6 Å². The molecule has 0 fully saturated rings. The van der Waals surface area contributed by atoms with Crippen molar-refractivity contribution < 1.29 is 18.3 Å². The molecule has 0 aromatic heterocycles. The van der Waals surface area contributed by atoms with E-state index in [0.29, 0.717) is 50.9 Å². The third-order valence-corrected chi connectivity index (χ3v) is 3.47. The van der Waals surface area contributed by atoms with Gasteiger partial charge in [-0.05, 0) is 36.6 Å². The van der Waals surface area contributed by atoms with Crippen molar-refractivity contribution in [3.63, 3.8) is 0 Å². The van der Waals surface area contributed by atoms with Gasteiger partial charge in [0.1, 0.15) is 11.6 Å². The number of nitrogens with zero attached hydrogens (tertiary/aromatic N) is 1. The highest BCUT2D eigenvalue weighted by Crippen LogP contribution is 2.09. The Kier molecular flexibility index (Phi) is 11.6. The molecule has 25 heavy (non-hydrogen) atoms. The van der Waals surface area contributed by atoms with Crippen LogP contribution in [-0.4, -0.2) is 52.5 Å². The molecule has 0 saturated carbocycles. The lowest BCUT2D eigenvalue weighted by atomic mass is 10.1. The minimum absolute atomic E-state index is 0.342. The van der Waals surface area contributed by atoms with E-state index in [9.17, 15) is 8.78 Å². The van der Waals surface area contributed by atoms with Gasteiger partial charge in [-0.3, -0.25) is 4.99 Å². The van der Waals surface area contributed by atoms with Crippen molar-refractivity contribution in [2.24, 2.45) is 4.99 Å². The monoisotopic (exact) mass is 357 g/mol. The Morgan fingerprint density at radius 3 is 2.48 bits per heavy atom. The average Bonchev–Trinajstić information content (AvgIpc) is 2.61. The molecule has 0 saturated heterocycles. The third-order valence-electron chi connectivity index (χ3n) is 3.47. The van der Waals surface area contributed by atoms with E-state index in [2.05, 4.69) is 22.5 Å². The number of rotatable bonds is 12. The van der Waals surface area contributed by atoms with Crippen LogP contribution in [-0.2, 0) is 15.9 Å². The van der Waals surface area contributed by atoms with E-state index in [-0.39, 0.29) is 0 Å². The highest BCUT2D eigenvalue weighted by atomic mass is 19.1. The van der Waals surface area contributed by atoms with Gasteiger partial charge in [-0.15, -0.1) is 0 Å². The molecule has 0 amide bonds. The predicted molar refractivity (Wildman–Crippen MR) is 96.0 cm³/mol. The molecule has 0 aliphatic heterocycles. The molecule has 0 aliphatic rings. The molecular weight excluding hydrogens is 328 g/mol. The fourth-order valence-electron chi connectivity index (χ4n) is 2.08. The number of aliphatic imine (C=N–C) groups is 1. The summed E-state index contributed by atoms with van der Waals surface area (Å²) < 4.78 is 37.5. The topological polar surface area (TPSA) is 54.9 Å². The van der Waals surface area contributed by atoms with Crippen LogP contribution in [0.2, 0.25) is 0 Å². The molecule has 7 heteroatoms. The summed E-state index contributed by atoms with van der Waals surface area (Å²) in [6.07, 6.45) is 2.57. The van der Waals surface area contributed by atoms with Crippen LogP contribution in [0.25, 0.3) is 0 Å². The zero-order valence-electron chi connectivity index (χ0n) is 15.1. The zero-order valence-corrected chi connectivity index (χ0v) is 15.1. The molecule has 0 bridgehead atoms. The Balaban J connectivity index is 2.09. The highest BCUT2D eigenvalue weighted by Gasteiger charge is 2.04. The molecule has 0 atom stereocenters. The first kappa shape index (κ1) is 21.3. The summed E-state index contributed by atoms with van der Waals surface area (Å²) in [6.45, 7) is 5.66. The van der Waals surface area contributed by atoms with Gasteiger partial charge in [0.05, 0.1) is 19.8 Å². The lowest BCUT2D eigenvalue weighted by molar-refractivity contribution is 0.0487. The quantitative estimate of drug-likeness (QED) is 0.343. The molecule has 1 rings (SSSR count). The van der Waals surface area contributed by atoms with Gasteiger partial charge in [-0.1, -0.05) is 13.3 Å². The summed E-state index contributed by atoms with van der Waals surface area (Å²) in [7, 11) is 1.65. The van der Waals surface area contributed by atoms with E-state index in [1.165, 1.54) is 6.07 Å². The Labute approximate surface area is 148 Å². The lowest BCUT2D eigenvalue weighted by Gasteiger charge is -2.12. The highest BCUT2D eigenvalue weighted by molar-refractivity contribution is 5.79. The number of nitrogens with one attached hydrogen (secondary N) is 2. The second-order valence-electron chi connectivity index (χ2n) is 5.49. The second-order valence-corrected chi connectivity index (χ2v) is 5.49. The van der Waals surface area contributed by atoms with Crippen LogP contribution in [0.4, 0.5) is 8.78 Å². The molecule has 1 aromatic rings. The van der Waals surface area contributed by atoms with E-state index in [4.69, 9.17) is 9.47 Å². The SMILES string of the molecule is CCCCOCCOCCNC(=NC)NCCc1cc(F)ccc1F. The van der Waals surface area contributed by atoms with Gasteiger partial charge in [0, 0.05) is 26.7 Å². The van der Waals surface area contributed by atoms with Crippen LogP contribution in [0, 0.1) is 11.6 Å². The van der Waals surface area contributed by atoms with Crippen LogP contribution in [0.3, 0.4) is 0 Å². The molecule has 0 unspecified atom stereocenters. The van der Waals surface area contributed by atoms with Crippen molar-refractivity contribution >= 4 is 5.96 Å². The van der Waals surface area contributed by atoms with Gasteiger partial charge >= 0.3 is 0 Å². The van der Waals surface area contributed by atoms with Gasteiger partial charge in [-0.2, -0.15) is 0 Å². The number of hydrogen-bond acceptors (Lipinski definition) is 3. The zero-order chi connectivity index (χ0) is 18.3. The van der Waals surface area contributed by atoms with Crippen LogP contribution in [0.15, 0.2) is 23.2 Å². The van der Waals surface area contributed by atoms with Crippen LogP contribution in [0.5, 0.6) is 0 Å². The summed E-state index contributed by atoms with van der Waals surface area (Å²) in [4.78, 5) is 4.07. The molecule has 0 radical (unpaired) electrons. The number of unbranched alkanes of at least 4 members (excludes halogenated alkanes) is 1. The molecule has 0 heterocycles. The summed E-state index contributed by atoms with van der Waals surface area (Å²) in [5, 5.41) is 6.16. The summed E-state index contributed by atoms with van der Waals surface area (Å²) >= 11 is 0. The minimum atomic E-state index is -0.435. The predicted octanol–water partition coefficient (Wildman–Crippen LogP) is 2.51. The standard InChI is InChI=1S/C18H29F2N3O2/c1-3-4-10-24-12-13-25-11-9-23-18(21-2)22-8-7-15-14-16(19)5-6-17(15)20/h5-6,14H,3-4,7-13H2,1-2H3,(H2,21,22,23). The minimum Gasteiger partial charge on any atom is -0.379 e. The van der Waals surface area contributed by atoms with Gasteiger partial charge in [0.15, 0.2) is 5.96 Å². The van der Waals surface area contributed by atoms with Gasteiger partial charge in [0.25, 0.3) is 0 Å². The first-order valence-corrected chi connectivity index (χ1v) is 8.71. The smallest absolute Gasteiger partial charge is 0.191 e. The molecule has 142 valence electrons. The Morgan fingerprint density at radius 1 is 1.04 bits per heavy atom. The number of guanidine groups is 1. The van der Waals surface area contributed by atoms with Crippen molar-refractivity contribution in [2.45, 2.75) is 26.2 Å². The average molecular weight is 357 g/mol. The number of halogens is 2. The maximum absolute atomic E-state index is 13.5. The number of hydrogen-bond donors (Lipinski definition) is 2. The molecule has 0 spiro atoms.